The Balaban J connectivity index is 3.55. The Bertz CT molecular complexity index is 564. The predicted molar refractivity (Wildman–Crippen MR) is 52.9 cm³/mol. The summed E-state index contributed by atoms with van der Waals surface area (Å²) in [4.78, 5) is 18.6. The second-order valence-corrected chi connectivity index (χ2v) is 4.92. The quantitative estimate of drug-likeness (QED) is 0.577. The van der Waals surface area contributed by atoms with Crippen molar-refractivity contribution in [2.45, 2.75) is 4.90 Å². The molecule has 0 amide bonds. The molecule has 0 aromatic heterocycles. The zero-order valence-electron chi connectivity index (χ0n) is 7.98. The van der Waals surface area contributed by atoms with E-state index < -0.39 is 36.0 Å². The first kappa shape index (κ1) is 12.0. The topological polar surface area (TPSA) is 120 Å². The highest BCUT2D eigenvalue weighted by atomic mass is 32.2. The van der Waals surface area contributed by atoms with Gasteiger partial charge >= 0.3 is 0 Å². The Labute approximate surface area is 89.7 Å². The Morgan fingerprint density at radius 3 is 2.06 bits per heavy atom. The van der Waals surface area contributed by atoms with Crippen molar-refractivity contribution in [3.8, 4) is 0 Å². The zero-order valence-corrected chi connectivity index (χ0v) is 8.80. The van der Waals surface area contributed by atoms with Gasteiger partial charge in [-0.3, -0.25) is 20.2 Å². The molecule has 16 heavy (non-hydrogen) atoms. The molecule has 0 unspecified atom stereocenters. The number of hydrogen-bond donors (Lipinski definition) is 0. The zero-order chi connectivity index (χ0) is 12.5. The third kappa shape index (κ3) is 2.31. The molecule has 0 fully saturated rings. The molecule has 1 rings (SSSR count). The van der Waals surface area contributed by atoms with E-state index >= 15 is 0 Å². The van der Waals surface area contributed by atoms with Gasteiger partial charge < -0.3 is 0 Å². The van der Waals surface area contributed by atoms with E-state index in [-0.39, 0.29) is 0 Å². The van der Waals surface area contributed by atoms with Gasteiger partial charge in [0.2, 0.25) is 0 Å². The molecule has 0 heterocycles. The summed E-state index contributed by atoms with van der Waals surface area (Å²) < 4.78 is 22.3. The van der Waals surface area contributed by atoms with Crippen LogP contribution in [0.15, 0.2) is 23.1 Å². The summed E-state index contributed by atoms with van der Waals surface area (Å²) in [5, 5.41) is 20.9. The summed E-state index contributed by atoms with van der Waals surface area (Å²) in [6.07, 6.45) is 0.793. The third-order valence-corrected chi connectivity index (χ3v) is 2.89. The van der Waals surface area contributed by atoms with Gasteiger partial charge in [0.1, 0.15) is 4.90 Å². The number of nitro benzene ring substituents is 2. The Kier molecular flexibility index (Phi) is 2.90. The number of nitrogens with zero attached hydrogens (tertiary/aromatic N) is 2. The highest BCUT2D eigenvalue weighted by Crippen LogP contribution is 2.27. The average Bonchev–Trinajstić information content (AvgIpc) is 2.15. The number of hydrogen-bond acceptors (Lipinski definition) is 6. The van der Waals surface area contributed by atoms with Crippen LogP contribution in [-0.4, -0.2) is 24.5 Å². The van der Waals surface area contributed by atoms with Crippen molar-refractivity contribution in [3.05, 3.63) is 38.4 Å². The summed E-state index contributed by atoms with van der Waals surface area (Å²) in [5.74, 6) is 0. The van der Waals surface area contributed by atoms with E-state index in [1.807, 2.05) is 0 Å². The maximum Gasteiger partial charge on any atom is 0.294 e. The molecule has 0 saturated carbocycles. The van der Waals surface area contributed by atoms with Gasteiger partial charge in [-0.05, 0) is 6.07 Å². The molecule has 0 spiro atoms. The van der Waals surface area contributed by atoms with Crippen LogP contribution in [0.2, 0.25) is 0 Å². The van der Waals surface area contributed by atoms with E-state index in [0.717, 1.165) is 18.4 Å². The lowest BCUT2D eigenvalue weighted by atomic mass is 10.3. The van der Waals surface area contributed by atoms with E-state index in [0.29, 0.717) is 6.07 Å². The molecular weight excluding hydrogens is 240 g/mol. The van der Waals surface area contributed by atoms with Gasteiger partial charge in [0.15, 0.2) is 9.84 Å². The van der Waals surface area contributed by atoms with Gasteiger partial charge in [0.25, 0.3) is 11.4 Å². The molecule has 0 aliphatic rings. The number of non-ortho nitro benzene ring substituents is 1. The van der Waals surface area contributed by atoms with Crippen LogP contribution in [0.4, 0.5) is 11.4 Å². The Morgan fingerprint density at radius 2 is 1.69 bits per heavy atom. The molecule has 9 heteroatoms. The summed E-state index contributed by atoms with van der Waals surface area (Å²) in [6.45, 7) is 0. The second kappa shape index (κ2) is 3.85. The van der Waals surface area contributed by atoms with Gasteiger partial charge in [-0.25, -0.2) is 8.42 Å². The van der Waals surface area contributed by atoms with Crippen LogP contribution in [0.1, 0.15) is 0 Å². The van der Waals surface area contributed by atoms with E-state index in [2.05, 4.69) is 0 Å². The number of rotatable bonds is 3. The Morgan fingerprint density at radius 1 is 1.12 bits per heavy atom. The van der Waals surface area contributed by atoms with Crippen LogP contribution >= 0.6 is 0 Å². The molecule has 8 nitrogen and oxygen atoms in total. The van der Waals surface area contributed by atoms with Crippen LogP contribution in [0.3, 0.4) is 0 Å². The maximum atomic E-state index is 11.2. The summed E-state index contributed by atoms with van der Waals surface area (Å²) in [5.41, 5.74) is -1.32. The van der Waals surface area contributed by atoms with Crippen molar-refractivity contribution in [2.75, 3.05) is 6.26 Å². The van der Waals surface area contributed by atoms with Crippen LogP contribution < -0.4 is 0 Å². The molecule has 0 saturated heterocycles. The van der Waals surface area contributed by atoms with Crippen LogP contribution in [0.5, 0.6) is 0 Å². The minimum Gasteiger partial charge on any atom is -0.258 e. The van der Waals surface area contributed by atoms with E-state index in [1.165, 1.54) is 0 Å². The summed E-state index contributed by atoms with van der Waals surface area (Å²) >= 11 is 0. The van der Waals surface area contributed by atoms with E-state index in [1.54, 1.807) is 0 Å². The van der Waals surface area contributed by atoms with Crippen molar-refractivity contribution in [1.29, 1.82) is 0 Å². The molecule has 0 aliphatic carbocycles. The molecule has 86 valence electrons. The summed E-state index contributed by atoms with van der Waals surface area (Å²) in [7, 11) is -3.79. The molecular formula is C7H6N2O6S. The largest absolute Gasteiger partial charge is 0.294 e. The van der Waals surface area contributed by atoms with Gasteiger partial charge in [0.05, 0.1) is 15.9 Å². The van der Waals surface area contributed by atoms with E-state index in [4.69, 9.17) is 0 Å². The maximum absolute atomic E-state index is 11.2. The average molecular weight is 246 g/mol. The van der Waals surface area contributed by atoms with Crippen molar-refractivity contribution in [1.82, 2.24) is 0 Å². The Hall–Kier alpha value is -2.03. The normalized spacial score (nSPS) is 11.1. The van der Waals surface area contributed by atoms with Crippen LogP contribution in [0.25, 0.3) is 0 Å². The SMILES string of the molecule is CS(=O)(=O)c1ccc([N+](=O)[O-])cc1[N+](=O)[O-]. The first-order valence-corrected chi connectivity index (χ1v) is 5.75. The molecule has 0 N–H and O–H groups in total. The van der Waals surface area contributed by atoms with Crippen LogP contribution in [0, 0.1) is 20.2 Å². The molecule has 0 radical (unpaired) electrons. The third-order valence-electron chi connectivity index (χ3n) is 1.75. The minimum atomic E-state index is -3.79. The van der Waals surface area contributed by atoms with Crippen LogP contribution in [-0.2, 0) is 9.84 Å². The van der Waals surface area contributed by atoms with Gasteiger partial charge in [-0.1, -0.05) is 0 Å². The standard InChI is InChI=1S/C7H6N2O6S/c1-16(14,15)7-3-2-5(8(10)11)4-6(7)9(12)13/h2-4H,1H3. The van der Waals surface area contributed by atoms with Gasteiger partial charge in [-0.2, -0.15) is 0 Å². The smallest absolute Gasteiger partial charge is 0.258 e. The molecule has 0 bridgehead atoms. The predicted octanol–water partition coefficient (Wildman–Crippen LogP) is 0.907. The minimum absolute atomic E-state index is 0.529. The molecule has 1 aromatic rings. The van der Waals surface area contributed by atoms with Crippen molar-refractivity contribution < 1.29 is 18.3 Å². The first-order chi connectivity index (χ1) is 7.23. The van der Waals surface area contributed by atoms with Crippen molar-refractivity contribution >= 4 is 21.2 Å². The van der Waals surface area contributed by atoms with Crippen molar-refractivity contribution in [3.63, 3.8) is 0 Å². The van der Waals surface area contributed by atoms with Crippen molar-refractivity contribution in [2.24, 2.45) is 0 Å². The summed E-state index contributed by atoms with van der Waals surface area (Å²) in [6, 6.07) is 2.38. The monoisotopic (exact) mass is 246 g/mol. The number of nitro groups is 2. The molecule has 0 aliphatic heterocycles. The second-order valence-electron chi connectivity index (χ2n) is 2.94. The highest BCUT2D eigenvalue weighted by Gasteiger charge is 2.25. The fourth-order valence-electron chi connectivity index (χ4n) is 1.08. The first-order valence-electron chi connectivity index (χ1n) is 3.86. The lowest BCUT2D eigenvalue weighted by Gasteiger charge is -1.99. The van der Waals surface area contributed by atoms with Gasteiger partial charge in [-0.15, -0.1) is 0 Å². The number of benzene rings is 1. The highest BCUT2D eigenvalue weighted by molar-refractivity contribution is 7.90. The molecule has 0 atom stereocenters. The van der Waals surface area contributed by atoms with Gasteiger partial charge in [0, 0.05) is 12.3 Å². The molecule has 1 aromatic carbocycles. The number of sulfone groups is 1. The fraction of sp³-hybridized carbons (Fsp3) is 0.143. The fourth-order valence-corrected chi connectivity index (χ4v) is 1.90. The van der Waals surface area contributed by atoms with E-state index in [9.17, 15) is 28.6 Å². The lowest BCUT2D eigenvalue weighted by molar-refractivity contribution is -0.396. The lowest BCUT2D eigenvalue weighted by Crippen LogP contribution is -2.03.